The molecular weight excluding hydrogens is 264 g/mol. The van der Waals surface area contributed by atoms with Crippen molar-refractivity contribution in [1.29, 1.82) is 0 Å². The van der Waals surface area contributed by atoms with Crippen molar-refractivity contribution in [2.24, 2.45) is 0 Å². The number of anilines is 1. The summed E-state index contributed by atoms with van der Waals surface area (Å²) in [5, 5.41) is 23.3. The fourth-order valence-electron chi connectivity index (χ4n) is 2.45. The van der Waals surface area contributed by atoms with Crippen LogP contribution in [0.25, 0.3) is 0 Å². The molecule has 1 aliphatic rings. The van der Waals surface area contributed by atoms with Crippen LogP contribution < -0.4 is 10.1 Å². The Hall–Kier alpha value is -2.31. The second-order valence-electron chi connectivity index (χ2n) is 4.76. The number of ether oxygens (including phenoxy) is 1. The van der Waals surface area contributed by atoms with Gasteiger partial charge in [-0.25, -0.2) is 4.79 Å². The molecule has 7 nitrogen and oxygen atoms in total. The molecule has 1 saturated carbocycles. The third-order valence-corrected chi connectivity index (χ3v) is 3.45. The molecule has 0 atom stereocenters. The van der Waals surface area contributed by atoms with Crippen molar-refractivity contribution in [3.05, 3.63) is 27.8 Å². The summed E-state index contributed by atoms with van der Waals surface area (Å²) in [6.07, 6.45) is 4.06. The molecule has 1 aromatic rings. The topological polar surface area (TPSA) is 102 Å². The Morgan fingerprint density at radius 1 is 1.45 bits per heavy atom. The zero-order chi connectivity index (χ0) is 14.7. The van der Waals surface area contributed by atoms with Crippen molar-refractivity contribution in [3.63, 3.8) is 0 Å². The molecule has 0 spiro atoms. The number of aromatic carboxylic acids is 1. The molecule has 0 unspecified atom stereocenters. The van der Waals surface area contributed by atoms with Crippen LogP contribution in [0, 0.1) is 10.1 Å². The number of nitro groups is 1. The number of hydrogen-bond acceptors (Lipinski definition) is 5. The van der Waals surface area contributed by atoms with E-state index in [2.05, 4.69) is 5.32 Å². The van der Waals surface area contributed by atoms with Gasteiger partial charge in [0, 0.05) is 12.1 Å². The van der Waals surface area contributed by atoms with E-state index in [0.29, 0.717) is 0 Å². The minimum absolute atomic E-state index is 0.162. The molecule has 0 radical (unpaired) electrons. The number of rotatable bonds is 5. The molecule has 0 amide bonds. The summed E-state index contributed by atoms with van der Waals surface area (Å²) in [5.74, 6) is -1.04. The van der Waals surface area contributed by atoms with Crippen LogP contribution >= 0.6 is 0 Å². The van der Waals surface area contributed by atoms with Gasteiger partial charge in [0.15, 0.2) is 5.69 Å². The van der Waals surface area contributed by atoms with Gasteiger partial charge in [0.2, 0.25) is 0 Å². The predicted molar refractivity (Wildman–Crippen MR) is 72.5 cm³/mol. The second kappa shape index (κ2) is 5.77. The first-order chi connectivity index (χ1) is 9.52. The molecule has 2 N–H and O–H groups in total. The van der Waals surface area contributed by atoms with E-state index in [-0.39, 0.29) is 28.7 Å². The number of nitrogens with one attached hydrogen (secondary N) is 1. The molecule has 20 heavy (non-hydrogen) atoms. The summed E-state index contributed by atoms with van der Waals surface area (Å²) in [7, 11) is 1.37. The summed E-state index contributed by atoms with van der Waals surface area (Å²) < 4.78 is 5.11. The molecule has 0 aromatic heterocycles. The number of nitro benzene ring substituents is 1. The average Bonchev–Trinajstić information content (AvgIpc) is 2.91. The minimum Gasteiger partial charge on any atom is -0.494 e. The van der Waals surface area contributed by atoms with E-state index < -0.39 is 10.9 Å². The predicted octanol–water partition coefficient (Wildman–Crippen LogP) is 2.66. The molecule has 0 heterocycles. The normalized spacial score (nSPS) is 15.1. The minimum atomic E-state index is -1.22. The monoisotopic (exact) mass is 280 g/mol. The molecule has 0 bridgehead atoms. The SMILES string of the molecule is COc1cc(C(=O)O)cc([N+](=O)[O-])c1NC1CCCC1. The maximum atomic E-state index is 11.2. The van der Waals surface area contributed by atoms with Crippen molar-refractivity contribution < 1.29 is 19.6 Å². The van der Waals surface area contributed by atoms with Gasteiger partial charge in [-0.15, -0.1) is 0 Å². The first-order valence-corrected chi connectivity index (χ1v) is 6.39. The molecule has 108 valence electrons. The van der Waals surface area contributed by atoms with E-state index >= 15 is 0 Å². The Bertz CT molecular complexity index is 538. The molecule has 1 fully saturated rings. The standard InChI is InChI=1S/C13H16N2O5/c1-20-11-7-8(13(16)17)6-10(15(18)19)12(11)14-9-4-2-3-5-9/h6-7,9,14H,2-5H2,1H3,(H,16,17). The molecule has 1 aliphatic carbocycles. The number of carbonyl (C=O) groups is 1. The lowest BCUT2D eigenvalue weighted by molar-refractivity contribution is -0.384. The second-order valence-corrected chi connectivity index (χ2v) is 4.76. The smallest absolute Gasteiger partial charge is 0.336 e. The van der Waals surface area contributed by atoms with Crippen molar-refractivity contribution >= 4 is 17.3 Å². The lowest BCUT2D eigenvalue weighted by Gasteiger charge is -2.16. The van der Waals surface area contributed by atoms with E-state index in [1.165, 1.54) is 13.2 Å². The van der Waals surface area contributed by atoms with E-state index in [1.807, 2.05) is 0 Å². The average molecular weight is 280 g/mol. The van der Waals surface area contributed by atoms with Crippen LogP contribution in [-0.2, 0) is 0 Å². The lowest BCUT2D eigenvalue weighted by Crippen LogP contribution is -2.17. The van der Waals surface area contributed by atoms with E-state index in [9.17, 15) is 14.9 Å². The third-order valence-electron chi connectivity index (χ3n) is 3.45. The highest BCUT2D eigenvalue weighted by atomic mass is 16.6. The fourth-order valence-corrected chi connectivity index (χ4v) is 2.45. The molecule has 1 aromatic carbocycles. The number of carboxylic acid groups (broad SMARTS) is 1. The van der Waals surface area contributed by atoms with Crippen LogP contribution in [0.15, 0.2) is 12.1 Å². The van der Waals surface area contributed by atoms with Crippen LogP contribution in [0.5, 0.6) is 5.75 Å². The van der Waals surface area contributed by atoms with Crippen LogP contribution in [0.3, 0.4) is 0 Å². The molecule has 0 saturated heterocycles. The van der Waals surface area contributed by atoms with Crippen LogP contribution in [0.2, 0.25) is 0 Å². The number of methoxy groups -OCH3 is 1. The maximum absolute atomic E-state index is 11.2. The Morgan fingerprint density at radius 2 is 2.10 bits per heavy atom. The van der Waals surface area contributed by atoms with Gasteiger partial charge in [-0.2, -0.15) is 0 Å². The van der Waals surface area contributed by atoms with Gasteiger partial charge in [0.25, 0.3) is 5.69 Å². The third kappa shape index (κ3) is 2.81. The van der Waals surface area contributed by atoms with Gasteiger partial charge < -0.3 is 15.2 Å². The number of carboxylic acids is 1. The van der Waals surface area contributed by atoms with Crippen LogP contribution in [0.4, 0.5) is 11.4 Å². The van der Waals surface area contributed by atoms with Crippen LogP contribution in [0.1, 0.15) is 36.0 Å². The quantitative estimate of drug-likeness (QED) is 0.635. The maximum Gasteiger partial charge on any atom is 0.336 e. The van der Waals surface area contributed by atoms with E-state index in [4.69, 9.17) is 9.84 Å². The van der Waals surface area contributed by atoms with Gasteiger partial charge >= 0.3 is 5.97 Å². The highest BCUT2D eigenvalue weighted by molar-refractivity contribution is 5.91. The van der Waals surface area contributed by atoms with Gasteiger partial charge in [-0.3, -0.25) is 10.1 Å². The summed E-state index contributed by atoms with van der Waals surface area (Å²) >= 11 is 0. The number of hydrogen-bond donors (Lipinski definition) is 2. The van der Waals surface area contributed by atoms with E-state index in [0.717, 1.165) is 31.7 Å². The first-order valence-electron chi connectivity index (χ1n) is 6.39. The Labute approximate surface area is 115 Å². The Kier molecular flexibility index (Phi) is 4.07. The number of nitrogens with zero attached hydrogens (tertiary/aromatic N) is 1. The first kappa shape index (κ1) is 14.1. The lowest BCUT2D eigenvalue weighted by atomic mass is 10.1. The summed E-state index contributed by atoms with van der Waals surface area (Å²) in [6, 6.07) is 2.52. The summed E-state index contributed by atoms with van der Waals surface area (Å²) in [6.45, 7) is 0. The van der Waals surface area contributed by atoms with Gasteiger partial charge in [-0.05, 0) is 18.9 Å². The zero-order valence-electron chi connectivity index (χ0n) is 11.1. The Morgan fingerprint density at radius 3 is 2.60 bits per heavy atom. The van der Waals surface area contributed by atoms with Gasteiger partial charge in [-0.1, -0.05) is 12.8 Å². The Balaban J connectivity index is 2.45. The van der Waals surface area contributed by atoms with Crippen molar-refractivity contribution in [2.45, 2.75) is 31.7 Å². The largest absolute Gasteiger partial charge is 0.494 e. The molecule has 2 rings (SSSR count). The van der Waals surface area contributed by atoms with Gasteiger partial charge in [0.1, 0.15) is 5.75 Å². The highest BCUT2D eigenvalue weighted by Crippen LogP contribution is 2.38. The highest BCUT2D eigenvalue weighted by Gasteiger charge is 2.26. The summed E-state index contributed by atoms with van der Waals surface area (Å²) in [5.41, 5.74) is -0.173. The molecule has 7 heteroatoms. The van der Waals surface area contributed by atoms with Gasteiger partial charge in [0.05, 0.1) is 17.6 Å². The fraction of sp³-hybridized carbons (Fsp3) is 0.462. The summed E-state index contributed by atoms with van der Waals surface area (Å²) in [4.78, 5) is 21.6. The molecule has 0 aliphatic heterocycles. The number of benzene rings is 1. The van der Waals surface area contributed by atoms with Crippen molar-refractivity contribution in [3.8, 4) is 5.75 Å². The van der Waals surface area contributed by atoms with Crippen molar-refractivity contribution in [1.82, 2.24) is 0 Å². The van der Waals surface area contributed by atoms with Crippen molar-refractivity contribution in [2.75, 3.05) is 12.4 Å². The zero-order valence-corrected chi connectivity index (χ0v) is 11.1. The molecular formula is C13H16N2O5. The van der Waals surface area contributed by atoms with Crippen LogP contribution in [-0.4, -0.2) is 29.2 Å². The van der Waals surface area contributed by atoms with E-state index in [1.54, 1.807) is 0 Å².